The molecule has 0 bridgehead atoms. The van der Waals surface area contributed by atoms with Crippen LogP contribution in [0.5, 0.6) is 5.75 Å². The van der Waals surface area contributed by atoms with Crippen molar-refractivity contribution in [1.29, 1.82) is 0 Å². The highest BCUT2D eigenvalue weighted by Crippen LogP contribution is 2.26. The topological polar surface area (TPSA) is 84.9 Å². The summed E-state index contributed by atoms with van der Waals surface area (Å²) in [5.74, 6) is -0.878. The summed E-state index contributed by atoms with van der Waals surface area (Å²) >= 11 is 0. The number of carbonyl (C=O) groups is 3. The molecule has 32 heavy (non-hydrogen) atoms. The van der Waals surface area contributed by atoms with Gasteiger partial charge in [0.15, 0.2) is 6.61 Å². The van der Waals surface area contributed by atoms with Gasteiger partial charge in [0, 0.05) is 17.8 Å². The molecule has 0 unspecified atom stereocenters. The number of nitrogens with one attached hydrogen (secondary N) is 1. The van der Waals surface area contributed by atoms with Gasteiger partial charge < -0.3 is 14.8 Å². The molecule has 0 aliphatic rings. The van der Waals surface area contributed by atoms with Crippen LogP contribution >= 0.6 is 0 Å². The molecule has 0 radical (unpaired) electrons. The lowest BCUT2D eigenvalue weighted by molar-refractivity contribution is -0.148. The van der Waals surface area contributed by atoms with Gasteiger partial charge in [0.1, 0.15) is 5.75 Å². The first-order valence-electron chi connectivity index (χ1n) is 10.1. The van der Waals surface area contributed by atoms with Gasteiger partial charge in [-0.05, 0) is 36.4 Å². The quantitative estimate of drug-likeness (QED) is 0.509. The Labute approximate surface area is 186 Å². The second-order valence-corrected chi connectivity index (χ2v) is 6.81. The smallest absolute Gasteiger partial charge is 0.306 e. The first-order chi connectivity index (χ1) is 15.6. The first-order valence-corrected chi connectivity index (χ1v) is 10.1. The normalized spacial score (nSPS) is 10.2. The average Bonchev–Trinajstić information content (AvgIpc) is 2.83. The van der Waals surface area contributed by atoms with Crippen molar-refractivity contribution in [3.63, 3.8) is 0 Å². The minimum absolute atomic E-state index is 0.0588. The van der Waals surface area contributed by atoms with Gasteiger partial charge >= 0.3 is 5.97 Å². The third-order valence-electron chi connectivity index (χ3n) is 4.57. The molecule has 164 valence electrons. The van der Waals surface area contributed by atoms with E-state index in [1.165, 1.54) is 7.11 Å². The fourth-order valence-electron chi connectivity index (χ4n) is 3.06. The number of nitrogens with zero attached hydrogens (tertiary/aromatic N) is 1. The number of hydrogen-bond acceptors (Lipinski definition) is 5. The maximum Gasteiger partial charge on any atom is 0.306 e. The molecular formula is C25H24N2O5. The Morgan fingerprint density at radius 1 is 0.781 bits per heavy atom. The van der Waals surface area contributed by atoms with Gasteiger partial charge in [0.05, 0.1) is 19.2 Å². The lowest BCUT2D eigenvalue weighted by Gasteiger charge is -2.23. The van der Waals surface area contributed by atoms with E-state index in [-0.39, 0.29) is 18.7 Å². The molecule has 1 N–H and O–H groups in total. The van der Waals surface area contributed by atoms with Crippen LogP contribution in [0.25, 0.3) is 0 Å². The van der Waals surface area contributed by atoms with Gasteiger partial charge in [-0.2, -0.15) is 0 Å². The number of amides is 2. The number of hydrogen-bond donors (Lipinski definition) is 1. The van der Waals surface area contributed by atoms with Crippen molar-refractivity contribution in [3.8, 4) is 5.75 Å². The lowest BCUT2D eigenvalue weighted by Crippen LogP contribution is -2.27. The van der Waals surface area contributed by atoms with Gasteiger partial charge in [-0.3, -0.25) is 19.3 Å². The van der Waals surface area contributed by atoms with Gasteiger partial charge in [-0.15, -0.1) is 0 Å². The number of para-hydroxylation sites is 4. The van der Waals surface area contributed by atoms with E-state index in [2.05, 4.69) is 5.32 Å². The zero-order valence-corrected chi connectivity index (χ0v) is 17.7. The Kier molecular flexibility index (Phi) is 7.97. The molecule has 0 heterocycles. The number of esters is 1. The predicted molar refractivity (Wildman–Crippen MR) is 122 cm³/mol. The molecule has 7 heteroatoms. The van der Waals surface area contributed by atoms with Crippen molar-refractivity contribution in [2.24, 2.45) is 0 Å². The Balaban J connectivity index is 1.54. The highest BCUT2D eigenvalue weighted by atomic mass is 16.5. The molecule has 0 saturated heterocycles. The highest BCUT2D eigenvalue weighted by Gasteiger charge is 2.19. The molecule has 2 amide bonds. The van der Waals surface area contributed by atoms with Crippen molar-refractivity contribution in [2.45, 2.75) is 12.8 Å². The molecule has 0 spiro atoms. The standard InChI is InChI=1S/C25H24N2O5/c1-31-22-15-9-8-14-21(22)26-23(28)18-32-25(30)17-16-24(29)27(19-10-4-2-5-11-19)20-12-6-3-7-13-20/h2-15H,16-18H2,1H3,(H,26,28). The average molecular weight is 432 g/mol. The van der Waals surface area contributed by atoms with E-state index >= 15 is 0 Å². The molecular weight excluding hydrogens is 408 g/mol. The zero-order valence-electron chi connectivity index (χ0n) is 17.7. The third-order valence-corrected chi connectivity index (χ3v) is 4.57. The van der Waals surface area contributed by atoms with Crippen molar-refractivity contribution < 1.29 is 23.9 Å². The van der Waals surface area contributed by atoms with Crippen LogP contribution in [0.3, 0.4) is 0 Å². The van der Waals surface area contributed by atoms with Crippen molar-refractivity contribution in [2.75, 3.05) is 23.9 Å². The van der Waals surface area contributed by atoms with Crippen molar-refractivity contribution >= 4 is 34.8 Å². The van der Waals surface area contributed by atoms with Crippen LogP contribution in [0.4, 0.5) is 17.1 Å². The molecule has 0 aliphatic carbocycles. The van der Waals surface area contributed by atoms with Crippen LogP contribution < -0.4 is 15.0 Å². The molecule has 0 fully saturated rings. The number of ether oxygens (including phenoxy) is 2. The second kappa shape index (κ2) is 11.3. The van der Waals surface area contributed by atoms with E-state index in [0.29, 0.717) is 22.8 Å². The Morgan fingerprint density at radius 3 is 1.94 bits per heavy atom. The van der Waals surface area contributed by atoms with Crippen molar-refractivity contribution in [3.05, 3.63) is 84.9 Å². The summed E-state index contributed by atoms with van der Waals surface area (Å²) in [5, 5.41) is 2.63. The molecule has 0 saturated carbocycles. The van der Waals surface area contributed by atoms with Crippen LogP contribution in [0.1, 0.15) is 12.8 Å². The minimum Gasteiger partial charge on any atom is -0.495 e. The van der Waals surface area contributed by atoms with Crippen LogP contribution in [-0.4, -0.2) is 31.5 Å². The fourth-order valence-corrected chi connectivity index (χ4v) is 3.06. The Morgan fingerprint density at radius 2 is 1.34 bits per heavy atom. The summed E-state index contributed by atoms with van der Waals surface area (Å²) in [5.41, 5.74) is 1.88. The molecule has 0 aliphatic heterocycles. The van der Waals surface area contributed by atoms with E-state index in [4.69, 9.17) is 9.47 Å². The summed E-state index contributed by atoms with van der Waals surface area (Å²) < 4.78 is 10.2. The van der Waals surface area contributed by atoms with Crippen LogP contribution in [-0.2, 0) is 19.1 Å². The highest BCUT2D eigenvalue weighted by molar-refractivity contribution is 6.01. The van der Waals surface area contributed by atoms with Crippen LogP contribution in [0.15, 0.2) is 84.9 Å². The number of anilines is 3. The maximum absolute atomic E-state index is 12.9. The molecule has 0 aromatic heterocycles. The summed E-state index contributed by atoms with van der Waals surface area (Å²) in [6, 6.07) is 25.3. The van der Waals surface area contributed by atoms with Crippen LogP contribution in [0.2, 0.25) is 0 Å². The molecule has 7 nitrogen and oxygen atoms in total. The summed E-state index contributed by atoms with van der Waals surface area (Å²) in [6.45, 7) is -0.452. The fraction of sp³-hybridized carbons (Fsp3) is 0.160. The molecule has 3 rings (SSSR count). The molecule has 0 atom stereocenters. The van der Waals surface area contributed by atoms with Gasteiger partial charge in [0.2, 0.25) is 5.91 Å². The third kappa shape index (κ3) is 6.18. The van der Waals surface area contributed by atoms with E-state index in [1.54, 1.807) is 29.2 Å². The van der Waals surface area contributed by atoms with Gasteiger partial charge in [-0.1, -0.05) is 48.5 Å². The SMILES string of the molecule is COc1ccccc1NC(=O)COC(=O)CCC(=O)N(c1ccccc1)c1ccccc1. The predicted octanol–water partition coefficient (Wildman–Crippen LogP) is 4.32. The van der Waals surface area contributed by atoms with E-state index in [0.717, 1.165) is 0 Å². The summed E-state index contributed by atoms with van der Waals surface area (Å²) in [6.07, 6.45) is -0.201. The molecule has 3 aromatic carbocycles. The largest absolute Gasteiger partial charge is 0.495 e. The lowest BCUT2D eigenvalue weighted by atomic mass is 10.2. The maximum atomic E-state index is 12.9. The molecule has 3 aromatic rings. The van der Waals surface area contributed by atoms with Gasteiger partial charge in [-0.25, -0.2) is 0 Å². The first kappa shape index (κ1) is 22.6. The summed E-state index contributed by atoms with van der Waals surface area (Å²) in [7, 11) is 1.50. The number of methoxy groups -OCH3 is 1. The van der Waals surface area contributed by atoms with E-state index in [9.17, 15) is 14.4 Å². The number of benzene rings is 3. The Bertz CT molecular complexity index is 1010. The van der Waals surface area contributed by atoms with Gasteiger partial charge in [0.25, 0.3) is 5.91 Å². The summed E-state index contributed by atoms with van der Waals surface area (Å²) in [4.78, 5) is 38.7. The number of carbonyl (C=O) groups excluding carboxylic acids is 3. The minimum atomic E-state index is -0.630. The van der Waals surface area contributed by atoms with E-state index < -0.39 is 18.5 Å². The van der Waals surface area contributed by atoms with Crippen LogP contribution in [0, 0.1) is 0 Å². The number of rotatable bonds is 9. The monoisotopic (exact) mass is 432 g/mol. The van der Waals surface area contributed by atoms with E-state index in [1.807, 2.05) is 60.7 Å². The Hall–Kier alpha value is -4.13. The second-order valence-electron chi connectivity index (χ2n) is 6.81. The van der Waals surface area contributed by atoms with Crippen molar-refractivity contribution in [1.82, 2.24) is 0 Å². The zero-order chi connectivity index (χ0) is 22.8.